The van der Waals surface area contributed by atoms with Gasteiger partial charge in [-0.05, 0) is 56.0 Å². The molecule has 1 aromatic carbocycles. The maximum Gasteiger partial charge on any atom is 0.148 e. The lowest BCUT2D eigenvalue weighted by Crippen LogP contribution is -2.05. The molecule has 0 radical (unpaired) electrons. The third-order valence-electron chi connectivity index (χ3n) is 3.15. The number of hydrogen-bond acceptors (Lipinski definition) is 3. The van der Waals surface area contributed by atoms with E-state index in [-0.39, 0.29) is 0 Å². The van der Waals surface area contributed by atoms with Crippen molar-refractivity contribution in [1.82, 2.24) is 9.78 Å². The summed E-state index contributed by atoms with van der Waals surface area (Å²) in [5, 5.41) is 5.05. The van der Waals surface area contributed by atoms with Gasteiger partial charge in [0.1, 0.15) is 12.4 Å². The maximum absolute atomic E-state index is 6.32. The van der Waals surface area contributed by atoms with Crippen LogP contribution in [0.25, 0.3) is 0 Å². The number of nitrogens with zero attached hydrogens (tertiary/aromatic N) is 2. The largest absolute Gasteiger partial charge is 0.485 e. The van der Waals surface area contributed by atoms with Crippen LogP contribution in [0, 0.1) is 0 Å². The van der Waals surface area contributed by atoms with Crippen LogP contribution < -0.4 is 10.5 Å². The normalized spacial score (nSPS) is 11.0. The van der Waals surface area contributed by atoms with Crippen LogP contribution in [-0.2, 0) is 26.6 Å². The summed E-state index contributed by atoms with van der Waals surface area (Å²) >= 11 is 13.3. The molecule has 2 rings (SSSR count). The Bertz CT molecular complexity index is 635. The maximum atomic E-state index is 6.32. The molecule has 1 aromatic heterocycles. The summed E-state index contributed by atoms with van der Waals surface area (Å²) in [5.74, 6) is 0.725. The number of aromatic nitrogens is 2. The van der Waals surface area contributed by atoms with Gasteiger partial charge in [0, 0.05) is 13.6 Å². The Morgan fingerprint density at radius 2 is 1.95 bits per heavy atom. The minimum absolute atomic E-state index is 0.349. The first-order chi connectivity index (χ1) is 9.97. The van der Waals surface area contributed by atoms with E-state index in [4.69, 9.17) is 22.1 Å². The average molecular weight is 438 g/mol. The van der Waals surface area contributed by atoms with E-state index in [2.05, 4.69) is 37.0 Å². The van der Waals surface area contributed by atoms with Crippen molar-refractivity contribution in [3.63, 3.8) is 0 Å². The fourth-order valence-electron chi connectivity index (χ4n) is 1.99. The summed E-state index contributed by atoms with van der Waals surface area (Å²) in [6.45, 7) is 2.85. The number of rotatable bonds is 5. The average Bonchev–Trinajstić information content (AvgIpc) is 2.72. The van der Waals surface area contributed by atoms with Crippen molar-refractivity contribution in [2.45, 2.75) is 26.5 Å². The van der Waals surface area contributed by atoms with E-state index in [1.807, 2.05) is 26.1 Å². The number of ether oxygens (including phenoxy) is 1. The van der Waals surface area contributed by atoms with E-state index in [1.54, 1.807) is 4.68 Å². The molecule has 0 fully saturated rings. The molecule has 0 aliphatic heterocycles. The number of halogens is 3. The minimum Gasteiger partial charge on any atom is -0.485 e. The van der Waals surface area contributed by atoms with Gasteiger partial charge in [-0.25, -0.2) is 0 Å². The number of aryl methyl sites for hydroxylation is 2. The highest BCUT2D eigenvalue weighted by atomic mass is 79.9. The fraction of sp³-hybridized carbons (Fsp3) is 0.357. The summed E-state index contributed by atoms with van der Waals surface area (Å²) in [7, 11) is 1.87. The highest BCUT2D eigenvalue weighted by Crippen LogP contribution is 2.35. The molecule has 7 heteroatoms. The highest BCUT2D eigenvalue weighted by molar-refractivity contribution is 9.11. The molecule has 0 aliphatic carbocycles. The lowest BCUT2D eigenvalue weighted by molar-refractivity contribution is 0.291. The van der Waals surface area contributed by atoms with Gasteiger partial charge in [0.2, 0.25) is 0 Å². The Hall–Kier alpha value is -0.560. The number of benzene rings is 1. The second-order valence-corrected chi connectivity index (χ2v) is 6.65. The quantitative estimate of drug-likeness (QED) is 0.763. The Morgan fingerprint density at radius 3 is 2.43 bits per heavy atom. The first-order valence-corrected chi connectivity index (χ1v) is 8.45. The topological polar surface area (TPSA) is 53.1 Å². The summed E-state index contributed by atoms with van der Waals surface area (Å²) in [5.41, 5.74) is 8.41. The first-order valence-electron chi connectivity index (χ1n) is 6.48. The Morgan fingerprint density at radius 1 is 1.33 bits per heavy atom. The van der Waals surface area contributed by atoms with E-state index in [0.717, 1.165) is 38.1 Å². The molecule has 0 spiro atoms. The predicted molar refractivity (Wildman–Crippen MR) is 91.7 cm³/mol. The van der Waals surface area contributed by atoms with Crippen molar-refractivity contribution in [3.05, 3.63) is 43.1 Å². The third-order valence-corrected chi connectivity index (χ3v) is 4.76. The zero-order valence-corrected chi connectivity index (χ0v) is 15.7. The lowest BCUT2D eigenvalue weighted by atomic mass is 10.2. The summed E-state index contributed by atoms with van der Waals surface area (Å²) in [4.78, 5) is 0. The van der Waals surface area contributed by atoms with Gasteiger partial charge in [-0.1, -0.05) is 18.5 Å². The van der Waals surface area contributed by atoms with Gasteiger partial charge >= 0.3 is 0 Å². The van der Waals surface area contributed by atoms with Gasteiger partial charge in [-0.2, -0.15) is 5.10 Å². The molecule has 0 unspecified atom stereocenters. The van der Waals surface area contributed by atoms with Crippen LogP contribution in [0.2, 0.25) is 5.02 Å². The molecule has 0 aliphatic rings. The molecule has 114 valence electrons. The standard InChI is InChI=1S/C14H16Br2ClN3O/c1-3-11-13(17)12(20(2)19-11)7-21-14-9(15)4-8(6-18)5-10(14)16/h4-5H,3,6-7,18H2,1-2H3. The molecule has 21 heavy (non-hydrogen) atoms. The zero-order valence-electron chi connectivity index (χ0n) is 11.8. The van der Waals surface area contributed by atoms with Crippen LogP contribution in [0.15, 0.2) is 21.1 Å². The van der Waals surface area contributed by atoms with Crippen LogP contribution in [-0.4, -0.2) is 9.78 Å². The summed E-state index contributed by atoms with van der Waals surface area (Å²) < 4.78 is 9.36. The minimum atomic E-state index is 0.349. The van der Waals surface area contributed by atoms with Crippen molar-refractivity contribution in [3.8, 4) is 5.75 Å². The predicted octanol–water partition coefficient (Wildman–Crippen LogP) is 4.20. The second-order valence-electron chi connectivity index (χ2n) is 4.57. The molecule has 0 saturated carbocycles. The molecule has 2 N–H and O–H groups in total. The lowest BCUT2D eigenvalue weighted by Gasteiger charge is -2.12. The molecule has 0 bridgehead atoms. The Kier molecular flexibility index (Phi) is 5.71. The molecule has 0 atom stereocenters. The van der Waals surface area contributed by atoms with Crippen LogP contribution in [0.3, 0.4) is 0 Å². The summed E-state index contributed by atoms with van der Waals surface area (Å²) in [6, 6.07) is 3.89. The molecular weight excluding hydrogens is 421 g/mol. The third kappa shape index (κ3) is 3.62. The van der Waals surface area contributed by atoms with Crippen LogP contribution in [0.4, 0.5) is 0 Å². The summed E-state index contributed by atoms with van der Waals surface area (Å²) in [6.07, 6.45) is 0.797. The van der Waals surface area contributed by atoms with Crippen molar-refractivity contribution in [2.24, 2.45) is 12.8 Å². The smallest absolute Gasteiger partial charge is 0.148 e. The van der Waals surface area contributed by atoms with Crippen LogP contribution in [0.1, 0.15) is 23.9 Å². The van der Waals surface area contributed by atoms with Crippen molar-refractivity contribution in [2.75, 3.05) is 0 Å². The van der Waals surface area contributed by atoms with Gasteiger partial charge in [0.05, 0.1) is 25.4 Å². The first kappa shape index (κ1) is 16.8. The van der Waals surface area contributed by atoms with Gasteiger partial charge in [-0.15, -0.1) is 0 Å². The number of nitrogens with two attached hydrogens (primary N) is 1. The molecule has 0 saturated heterocycles. The fourth-order valence-corrected chi connectivity index (χ4v) is 3.84. The van der Waals surface area contributed by atoms with Gasteiger partial charge in [0.15, 0.2) is 0 Å². The molecular formula is C14H16Br2ClN3O. The molecule has 0 amide bonds. The van der Waals surface area contributed by atoms with E-state index in [1.165, 1.54) is 0 Å². The van der Waals surface area contributed by atoms with E-state index >= 15 is 0 Å². The van der Waals surface area contributed by atoms with E-state index < -0.39 is 0 Å². The van der Waals surface area contributed by atoms with Gasteiger partial charge < -0.3 is 10.5 Å². The SMILES string of the molecule is CCc1nn(C)c(COc2c(Br)cc(CN)cc2Br)c1Cl. The Balaban J connectivity index is 2.23. The Labute approximate surface area is 145 Å². The van der Waals surface area contributed by atoms with Gasteiger partial charge in [0.25, 0.3) is 0 Å². The van der Waals surface area contributed by atoms with Crippen molar-refractivity contribution < 1.29 is 4.74 Å². The van der Waals surface area contributed by atoms with E-state index in [9.17, 15) is 0 Å². The van der Waals surface area contributed by atoms with E-state index in [0.29, 0.717) is 18.2 Å². The second kappa shape index (κ2) is 7.13. The van der Waals surface area contributed by atoms with Crippen molar-refractivity contribution in [1.29, 1.82) is 0 Å². The van der Waals surface area contributed by atoms with Crippen LogP contribution >= 0.6 is 43.5 Å². The van der Waals surface area contributed by atoms with Crippen LogP contribution in [0.5, 0.6) is 5.75 Å². The molecule has 4 nitrogen and oxygen atoms in total. The zero-order chi connectivity index (χ0) is 15.6. The van der Waals surface area contributed by atoms with Crippen molar-refractivity contribution >= 4 is 43.5 Å². The molecule has 1 heterocycles. The monoisotopic (exact) mass is 435 g/mol. The highest BCUT2D eigenvalue weighted by Gasteiger charge is 2.15. The number of hydrogen-bond donors (Lipinski definition) is 1. The van der Waals surface area contributed by atoms with Gasteiger partial charge in [-0.3, -0.25) is 4.68 Å². The molecule has 2 aromatic rings.